The Morgan fingerprint density at radius 3 is 2.41 bits per heavy atom. The zero-order valence-electron chi connectivity index (χ0n) is 20.2. The largest absolute Gasteiger partial charge is 0.355 e. The Morgan fingerprint density at radius 2 is 1.68 bits per heavy atom. The first kappa shape index (κ1) is 22.8. The predicted octanol–water partition coefficient (Wildman–Crippen LogP) is 4.11. The van der Waals surface area contributed by atoms with Gasteiger partial charge in [0.2, 0.25) is 5.91 Å². The van der Waals surface area contributed by atoms with Crippen molar-refractivity contribution in [3.8, 4) is 0 Å². The van der Waals surface area contributed by atoms with Crippen molar-refractivity contribution < 1.29 is 4.79 Å². The third kappa shape index (κ3) is 5.39. The van der Waals surface area contributed by atoms with E-state index in [1.54, 1.807) is 0 Å². The smallest absolute Gasteiger partial charge is 0.224 e. The molecule has 0 atom stereocenters. The van der Waals surface area contributed by atoms with Crippen LogP contribution in [0.15, 0.2) is 54.6 Å². The first-order valence-electron chi connectivity index (χ1n) is 12.8. The lowest BCUT2D eigenvalue weighted by Crippen LogP contribution is -2.49. The molecule has 2 heterocycles. The van der Waals surface area contributed by atoms with Gasteiger partial charge in [-0.1, -0.05) is 49.4 Å². The Morgan fingerprint density at radius 1 is 0.941 bits per heavy atom. The van der Waals surface area contributed by atoms with E-state index in [4.69, 9.17) is 9.97 Å². The Labute approximate surface area is 202 Å². The molecule has 6 heteroatoms. The Kier molecular flexibility index (Phi) is 7.05. The number of piperazine rings is 1. The lowest BCUT2D eigenvalue weighted by atomic mass is 10.1. The van der Waals surface area contributed by atoms with Crippen LogP contribution in [0.4, 0.5) is 5.82 Å². The molecule has 2 aromatic carbocycles. The average molecular weight is 458 g/mol. The van der Waals surface area contributed by atoms with Crippen molar-refractivity contribution in [3.63, 3.8) is 0 Å². The summed E-state index contributed by atoms with van der Waals surface area (Å²) in [5.41, 5.74) is 2.30. The summed E-state index contributed by atoms with van der Waals surface area (Å²) in [5, 5.41) is 1.07. The second-order valence-electron chi connectivity index (χ2n) is 9.48. The molecule has 2 aliphatic rings. The number of hydrogen-bond donors (Lipinski definition) is 0. The third-order valence-corrected chi connectivity index (χ3v) is 7.12. The van der Waals surface area contributed by atoms with Crippen LogP contribution in [0.5, 0.6) is 0 Å². The van der Waals surface area contributed by atoms with Crippen LogP contribution in [0.2, 0.25) is 0 Å². The highest BCUT2D eigenvalue weighted by Gasteiger charge is 2.29. The van der Waals surface area contributed by atoms with Crippen molar-refractivity contribution in [2.45, 2.75) is 38.5 Å². The maximum absolute atomic E-state index is 13.1. The predicted molar refractivity (Wildman–Crippen MR) is 137 cm³/mol. The maximum atomic E-state index is 13.1. The minimum absolute atomic E-state index is 0.251. The minimum Gasteiger partial charge on any atom is -0.355 e. The molecule has 1 saturated carbocycles. The van der Waals surface area contributed by atoms with E-state index in [9.17, 15) is 4.79 Å². The molecule has 6 nitrogen and oxygen atoms in total. The number of para-hydroxylation sites is 1. The lowest BCUT2D eigenvalue weighted by Gasteiger charge is -2.34. The number of amides is 1. The maximum Gasteiger partial charge on any atom is 0.224 e. The summed E-state index contributed by atoms with van der Waals surface area (Å²) in [6, 6.07) is 18.9. The van der Waals surface area contributed by atoms with Crippen LogP contribution in [-0.4, -0.2) is 71.5 Å². The van der Waals surface area contributed by atoms with Crippen molar-refractivity contribution in [3.05, 3.63) is 66.0 Å². The molecule has 34 heavy (non-hydrogen) atoms. The van der Waals surface area contributed by atoms with E-state index in [1.165, 1.54) is 18.4 Å². The number of anilines is 1. The van der Waals surface area contributed by atoms with E-state index in [2.05, 4.69) is 65.3 Å². The van der Waals surface area contributed by atoms with Gasteiger partial charge in [-0.3, -0.25) is 4.79 Å². The summed E-state index contributed by atoms with van der Waals surface area (Å²) in [4.78, 5) is 29.8. The van der Waals surface area contributed by atoms with Gasteiger partial charge in [0.1, 0.15) is 11.6 Å². The van der Waals surface area contributed by atoms with E-state index in [0.717, 1.165) is 68.2 Å². The van der Waals surface area contributed by atoms with Crippen molar-refractivity contribution >= 4 is 22.6 Å². The van der Waals surface area contributed by atoms with E-state index < -0.39 is 0 Å². The van der Waals surface area contributed by atoms with Crippen LogP contribution < -0.4 is 4.90 Å². The van der Waals surface area contributed by atoms with E-state index >= 15 is 0 Å². The van der Waals surface area contributed by atoms with Gasteiger partial charge < -0.3 is 14.7 Å². The number of carbonyl (C=O) groups excluding carboxylic acids is 1. The molecule has 1 saturated heterocycles. The average Bonchev–Trinajstić information content (AvgIpc) is 3.74. The van der Waals surface area contributed by atoms with Gasteiger partial charge in [-0.25, -0.2) is 9.97 Å². The van der Waals surface area contributed by atoms with Gasteiger partial charge in [0, 0.05) is 57.0 Å². The molecule has 0 radical (unpaired) electrons. The van der Waals surface area contributed by atoms with Crippen LogP contribution >= 0.6 is 0 Å². The molecule has 1 aliphatic heterocycles. The minimum atomic E-state index is 0.251. The lowest BCUT2D eigenvalue weighted by molar-refractivity contribution is -0.132. The van der Waals surface area contributed by atoms with Crippen molar-refractivity contribution in [2.24, 2.45) is 0 Å². The summed E-state index contributed by atoms with van der Waals surface area (Å²) in [7, 11) is 0. The molecule has 0 bridgehead atoms. The molecule has 3 aromatic rings. The molecular weight excluding hydrogens is 422 g/mol. The molecule has 178 valence electrons. The summed E-state index contributed by atoms with van der Waals surface area (Å²) in [6.07, 6.45) is 3.77. The molecule has 0 unspecified atom stereocenters. The molecule has 0 spiro atoms. The Hall–Kier alpha value is -2.99. The van der Waals surface area contributed by atoms with Gasteiger partial charge in [0.25, 0.3) is 0 Å². The van der Waals surface area contributed by atoms with Gasteiger partial charge in [0.15, 0.2) is 0 Å². The van der Waals surface area contributed by atoms with Crippen molar-refractivity contribution in [2.75, 3.05) is 50.7 Å². The number of hydrogen-bond acceptors (Lipinski definition) is 5. The molecule has 1 amide bonds. The van der Waals surface area contributed by atoms with Crippen molar-refractivity contribution in [1.29, 1.82) is 0 Å². The molecule has 2 fully saturated rings. The number of nitrogens with zero attached hydrogens (tertiary/aromatic N) is 5. The van der Waals surface area contributed by atoms with Gasteiger partial charge in [-0.15, -0.1) is 0 Å². The number of fused-ring (bicyclic) bond motifs is 1. The highest BCUT2D eigenvalue weighted by molar-refractivity contribution is 5.90. The first-order valence-corrected chi connectivity index (χ1v) is 12.8. The van der Waals surface area contributed by atoms with Crippen LogP contribution in [0.1, 0.15) is 43.5 Å². The topological polar surface area (TPSA) is 52.6 Å². The number of aromatic nitrogens is 2. The van der Waals surface area contributed by atoms with Gasteiger partial charge in [-0.05, 0) is 43.5 Å². The molecule has 5 rings (SSSR count). The summed E-state index contributed by atoms with van der Waals surface area (Å²) in [5.74, 6) is 2.67. The first-order chi connectivity index (χ1) is 16.7. The van der Waals surface area contributed by atoms with Crippen LogP contribution in [0.25, 0.3) is 10.9 Å². The monoisotopic (exact) mass is 457 g/mol. The molecule has 1 aromatic heterocycles. The van der Waals surface area contributed by atoms with Gasteiger partial charge >= 0.3 is 0 Å². The highest BCUT2D eigenvalue weighted by atomic mass is 16.2. The van der Waals surface area contributed by atoms with Crippen LogP contribution in [0.3, 0.4) is 0 Å². The zero-order valence-corrected chi connectivity index (χ0v) is 20.2. The number of benzene rings is 2. The number of rotatable bonds is 9. The third-order valence-electron chi connectivity index (χ3n) is 7.12. The van der Waals surface area contributed by atoms with E-state index in [1.807, 2.05) is 11.0 Å². The second-order valence-corrected chi connectivity index (χ2v) is 9.48. The van der Waals surface area contributed by atoms with Crippen LogP contribution in [-0.2, 0) is 11.2 Å². The van der Waals surface area contributed by atoms with Gasteiger partial charge in [0.05, 0.1) is 5.52 Å². The van der Waals surface area contributed by atoms with E-state index in [-0.39, 0.29) is 5.91 Å². The van der Waals surface area contributed by atoms with Crippen molar-refractivity contribution in [1.82, 2.24) is 19.8 Å². The van der Waals surface area contributed by atoms with Gasteiger partial charge in [-0.2, -0.15) is 0 Å². The molecule has 1 aliphatic carbocycles. The fourth-order valence-corrected chi connectivity index (χ4v) is 4.78. The number of carbonyl (C=O) groups is 1. The SMILES string of the molecule is CCN1CCN(C(=O)CCN(CCc2ccccc2)c2nc(C3CC3)nc3ccccc23)CC1. The molecule has 0 N–H and O–H groups in total. The summed E-state index contributed by atoms with van der Waals surface area (Å²) in [6.45, 7) is 8.35. The Balaban J connectivity index is 1.37. The van der Waals surface area contributed by atoms with E-state index in [0.29, 0.717) is 18.9 Å². The quantitative estimate of drug-likeness (QED) is 0.484. The fourth-order valence-electron chi connectivity index (χ4n) is 4.78. The highest BCUT2D eigenvalue weighted by Crippen LogP contribution is 2.40. The fraction of sp³-hybridized carbons (Fsp3) is 0.464. The van der Waals surface area contributed by atoms with Crippen LogP contribution in [0, 0.1) is 0 Å². The Bertz CT molecular complexity index is 1110. The normalized spacial score (nSPS) is 16.7. The molecular formula is C28H35N5O. The summed E-state index contributed by atoms with van der Waals surface area (Å²) >= 11 is 0. The summed E-state index contributed by atoms with van der Waals surface area (Å²) < 4.78 is 0. The second kappa shape index (κ2) is 10.5. The standard InChI is InChI=1S/C28H35N5O/c1-2-31-18-20-32(21-19-31)26(34)15-17-33(16-14-22-8-4-3-5-9-22)28-24-10-6-7-11-25(24)29-27(30-28)23-12-13-23/h3-11,23H,2,12-21H2,1H3. The number of likely N-dealkylation sites (N-methyl/N-ethyl adjacent to an activating group) is 1. The zero-order chi connectivity index (χ0) is 23.3.